The van der Waals surface area contributed by atoms with Crippen molar-refractivity contribution in [3.8, 4) is 0 Å². The predicted molar refractivity (Wildman–Crippen MR) is 105 cm³/mol. The number of alkyl halides is 3. The van der Waals surface area contributed by atoms with Gasteiger partial charge in [-0.1, -0.05) is 6.07 Å². The van der Waals surface area contributed by atoms with Crippen molar-refractivity contribution >= 4 is 17.3 Å². The van der Waals surface area contributed by atoms with E-state index in [4.69, 9.17) is 4.42 Å². The third kappa shape index (κ3) is 7.20. The monoisotopic (exact) mass is 414 g/mol. The summed E-state index contributed by atoms with van der Waals surface area (Å²) in [5, 5.41) is 8.60. The van der Waals surface area contributed by atoms with E-state index in [1.807, 2.05) is 23.6 Å². The zero-order chi connectivity index (χ0) is 19.8. The molecule has 0 spiro atoms. The van der Waals surface area contributed by atoms with Crippen LogP contribution in [-0.4, -0.2) is 55.8 Å². The van der Waals surface area contributed by atoms with Crippen LogP contribution in [0.3, 0.4) is 0 Å². The van der Waals surface area contributed by atoms with Crippen molar-refractivity contribution in [2.24, 2.45) is 4.99 Å². The maximum absolute atomic E-state index is 12.6. The van der Waals surface area contributed by atoms with Gasteiger partial charge in [-0.3, -0.25) is 9.89 Å². The number of nitrogens with one attached hydrogen (secondary N) is 2. The lowest BCUT2D eigenvalue weighted by Crippen LogP contribution is -2.45. The number of aliphatic imine (C=N–C) groups is 1. The van der Waals surface area contributed by atoms with Gasteiger partial charge in [0, 0.05) is 49.9 Å². The molecule has 3 heterocycles. The van der Waals surface area contributed by atoms with Gasteiger partial charge in [0.25, 0.3) is 0 Å². The van der Waals surface area contributed by atoms with Crippen molar-refractivity contribution in [3.63, 3.8) is 0 Å². The second-order valence-electron chi connectivity index (χ2n) is 6.80. The molecule has 1 unspecified atom stereocenters. The first-order chi connectivity index (χ1) is 13.5. The Morgan fingerprint density at radius 1 is 1.29 bits per heavy atom. The normalized spacial score (nSPS) is 18.5. The number of hydrogen-bond donors (Lipinski definition) is 2. The Labute approximate surface area is 166 Å². The van der Waals surface area contributed by atoms with Crippen molar-refractivity contribution < 1.29 is 17.6 Å². The van der Waals surface area contributed by atoms with E-state index in [2.05, 4.69) is 21.7 Å². The third-order valence-corrected chi connectivity index (χ3v) is 5.40. The number of rotatable bonds is 8. The average Bonchev–Trinajstić information content (AvgIpc) is 3.36. The van der Waals surface area contributed by atoms with Crippen LogP contribution < -0.4 is 10.6 Å². The fraction of sp³-hybridized carbons (Fsp3) is 0.526. The minimum absolute atomic E-state index is 0.0426. The van der Waals surface area contributed by atoms with Crippen LogP contribution in [0.4, 0.5) is 13.2 Å². The van der Waals surface area contributed by atoms with Gasteiger partial charge in [-0.2, -0.15) is 13.2 Å². The van der Waals surface area contributed by atoms with E-state index < -0.39 is 12.7 Å². The summed E-state index contributed by atoms with van der Waals surface area (Å²) in [7, 11) is 0. The largest absolute Gasteiger partial charge is 0.469 e. The molecule has 5 nitrogen and oxygen atoms in total. The van der Waals surface area contributed by atoms with Gasteiger partial charge in [-0.05, 0) is 30.0 Å². The summed E-state index contributed by atoms with van der Waals surface area (Å²) in [5.41, 5.74) is 0. The van der Waals surface area contributed by atoms with Crippen LogP contribution in [0.25, 0.3) is 0 Å². The highest BCUT2D eigenvalue weighted by atomic mass is 32.1. The molecule has 0 saturated carbocycles. The Morgan fingerprint density at radius 3 is 2.89 bits per heavy atom. The number of hydrogen-bond acceptors (Lipinski definition) is 4. The quantitative estimate of drug-likeness (QED) is 0.514. The Balaban J connectivity index is 1.51. The highest BCUT2D eigenvalue weighted by Crippen LogP contribution is 2.20. The van der Waals surface area contributed by atoms with Gasteiger partial charge in [0.2, 0.25) is 0 Å². The number of thiophene rings is 1. The van der Waals surface area contributed by atoms with Crippen LogP contribution in [-0.2, 0) is 12.8 Å². The standard InChI is InChI=1S/C19H25F3N4OS/c20-19(21,22)14-26-10-7-15(13-26)25-18(23-8-5-16-3-1-11-27-16)24-9-6-17-4-2-12-28-17/h1-4,11-12,15H,5-10,13-14H2,(H2,23,24,25). The van der Waals surface area contributed by atoms with Crippen molar-refractivity contribution in [2.75, 3.05) is 32.7 Å². The molecule has 2 aromatic rings. The second-order valence-corrected chi connectivity index (χ2v) is 7.83. The number of halogens is 3. The van der Waals surface area contributed by atoms with Crippen molar-refractivity contribution in [3.05, 3.63) is 46.5 Å². The summed E-state index contributed by atoms with van der Waals surface area (Å²) in [6.07, 6.45) is -0.303. The first-order valence-electron chi connectivity index (χ1n) is 9.37. The van der Waals surface area contributed by atoms with E-state index in [1.165, 1.54) is 9.78 Å². The molecule has 1 aliphatic heterocycles. The highest BCUT2D eigenvalue weighted by molar-refractivity contribution is 7.09. The SMILES string of the molecule is FC(F)(F)CN1CCC(NC(=NCCc2cccs2)NCCc2ccco2)C1. The molecular weight excluding hydrogens is 389 g/mol. The van der Waals surface area contributed by atoms with Gasteiger partial charge in [0.05, 0.1) is 12.8 Å². The van der Waals surface area contributed by atoms with Gasteiger partial charge in [0.1, 0.15) is 5.76 Å². The maximum atomic E-state index is 12.6. The van der Waals surface area contributed by atoms with E-state index in [9.17, 15) is 13.2 Å². The lowest BCUT2D eigenvalue weighted by molar-refractivity contribution is -0.143. The topological polar surface area (TPSA) is 52.8 Å². The lowest BCUT2D eigenvalue weighted by atomic mass is 10.2. The Bertz CT molecular complexity index is 716. The molecule has 2 aromatic heterocycles. The molecule has 1 fully saturated rings. The smallest absolute Gasteiger partial charge is 0.401 e. The van der Waals surface area contributed by atoms with E-state index in [1.54, 1.807) is 17.6 Å². The fourth-order valence-electron chi connectivity index (χ4n) is 3.19. The average molecular weight is 414 g/mol. The van der Waals surface area contributed by atoms with E-state index in [-0.39, 0.29) is 6.04 Å². The minimum Gasteiger partial charge on any atom is -0.469 e. The van der Waals surface area contributed by atoms with Gasteiger partial charge in [0.15, 0.2) is 5.96 Å². The summed E-state index contributed by atoms with van der Waals surface area (Å²) in [6.45, 7) is 1.20. The number of furan rings is 1. The summed E-state index contributed by atoms with van der Waals surface area (Å²) < 4.78 is 43.1. The van der Waals surface area contributed by atoms with Crippen LogP contribution in [0.5, 0.6) is 0 Å². The summed E-state index contributed by atoms with van der Waals surface area (Å²) in [6, 6.07) is 7.80. The fourth-order valence-corrected chi connectivity index (χ4v) is 3.88. The van der Waals surface area contributed by atoms with Crippen molar-refractivity contribution in [2.45, 2.75) is 31.5 Å². The summed E-state index contributed by atoms with van der Waals surface area (Å²) in [5.74, 6) is 1.52. The predicted octanol–water partition coefficient (Wildman–Crippen LogP) is 3.30. The number of likely N-dealkylation sites (tertiary alicyclic amines) is 1. The molecule has 2 N–H and O–H groups in total. The Morgan fingerprint density at radius 2 is 2.18 bits per heavy atom. The van der Waals surface area contributed by atoms with Gasteiger partial charge < -0.3 is 15.1 Å². The zero-order valence-electron chi connectivity index (χ0n) is 15.5. The number of nitrogens with zero attached hydrogens (tertiary/aromatic N) is 2. The molecule has 1 saturated heterocycles. The lowest BCUT2D eigenvalue weighted by Gasteiger charge is -2.20. The Hall–Kier alpha value is -2.00. The van der Waals surface area contributed by atoms with Gasteiger partial charge >= 0.3 is 6.18 Å². The molecule has 0 aromatic carbocycles. The molecule has 0 radical (unpaired) electrons. The molecule has 28 heavy (non-hydrogen) atoms. The van der Waals surface area contributed by atoms with Crippen molar-refractivity contribution in [1.29, 1.82) is 0 Å². The maximum Gasteiger partial charge on any atom is 0.401 e. The third-order valence-electron chi connectivity index (χ3n) is 4.47. The molecule has 9 heteroatoms. The molecular formula is C19H25F3N4OS. The molecule has 0 bridgehead atoms. The van der Waals surface area contributed by atoms with Crippen molar-refractivity contribution in [1.82, 2.24) is 15.5 Å². The van der Waals surface area contributed by atoms with E-state index in [0.717, 1.165) is 12.2 Å². The van der Waals surface area contributed by atoms with E-state index in [0.29, 0.717) is 45.0 Å². The molecule has 0 amide bonds. The van der Waals surface area contributed by atoms with Crippen LogP contribution in [0.2, 0.25) is 0 Å². The van der Waals surface area contributed by atoms with Gasteiger partial charge in [-0.25, -0.2) is 0 Å². The molecule has 154 valence electrons. The number of guanidine groups is 1. The molecule has 0 aliphatic carbocycles. The highest BCUT2D eigenvalue weighted by Gasteiger charge is 2.34. The summed E-state index contributed by atoms with van der Waals surface area (Å²) in [4.78, 5) is 7.30. The molecule has 3 rings (SSSR count). The zero-order valence-corrected chi connectivity index (χ0v) is 16.4. The van der Waals surface area contributed by atoms with Crippen LogP contribution in [0.15, 0.2) is 45.3 Å². The summed E-state index contributed by atoms with van der Waals surface area (Å²) >= 11 is 1.69. The first-order valence-corrected chi connectivity index (χ1v) is 10.2. The molecule has 1 aliphatic rings. The second kappa shape index (κ2) is 9.97. The van der Waals surface area contributed by atoms with Gasteiger partial charge in [-0.15, -0.1) is 11.3 Å². The van der Waals surface area contributed by atoms with Crippen LogP contribution in [0.1, 0.15) is 17.1 Å². The van der Waals surface area contributed by atoms with Crippen LogP contribution in [0, 0.1) is 0 Å². The minimum atomic E-state index is -4.16. The van der Waals surface area contributed by atoms with Crippen LogP contribution >= 0.6 is 11.3 Å². The first kappa shape index (κ1) is 20.7. The Kier molecular flexibility index (Phi) is 7.38. The molecule has 1 atom stereocenters. The van der Waals surface area contributed by atoms with E-state index >= 15 is 0 Å².